The largest absolute Gasteiger partial charge is 0.469 e. The third-order valence-corrected chi connectivity index (χ3v) is 3.14. The number of rotatable bonds is 4. The van der Waals surface area contributed by atoms with Crippen LogP contribution < -0.4 is 0 Å². The topological polar surface area (TPSA) is 26.3 Å². The van der Waals surface area contributed by atoms with Gasteiger partial charge in [-0.2, -0.15) is 0 Å². The van der Waals surface area contributed by atoms with Crippen molar-refractivity contribution >= 4 is 5.97 Å². The molecule has 0 saturated carbocycles. The lowest BCUT2D eigenvalue weighted by Crippen LogP contribution is -2.04. The van der Waals surface area contributed by atoms with Crippen molar-refractivity contribution in [3.8, 4) is 11.8 Å². The molecule has 2 aromatic rings. The van der Waals surface area contributed by atoms with Crippen LogP contribution in [0.1, 0.15) is 23.1 Å². The van der Waals surface area contributed by atoms with Gasteiger partial charge in [-0.3, -0.25) is 4.79 Å². The lowest BCUT2D eigenvalue weighted by molar-refractivity contribution is -0.139. The summed E-state index contributed by atoms with van der Waals surface area (Å²) in [6, 6.07) is 18.0. The highest BCUT2D eigenvalue weighted by atomic mass is 16.5. The van der Waals surface area contributed by atoms with E-state index in [9.17, 15) is 4.79 Å². The van der Waals surface area contributed by atoms with Crippen LogP contribution in [0.5, 0.6) is 0 Å². The zero-order valence-electron chi connectivity index (χ0n) is 12.1. The number of aryl methyl sites for hydroxylation is 1. The summed E-state index contributed by atoms with van der Waals surface area (Å²) in [6.45, 7) is 0. The molecule has 0 fully saturated rings. The summed E-state index contributed by atoms with van der Waals surface area (Å²) in [4.78, 5) is 11.2. The van der Waals surface area contributed by atoms with Crippen molar-refractivity contribution < 1.29 is 9.53 Å². The first-order valence-corrected chi connectivity index (χ1v) is 6.96. The molecular weight excluding hydrogens is 260 g/mol. The minimum absolute atomic E-state index is 0.225. The summed E-state index contributed by atoms with van der Waals surface area (Å²) < 4.78 is 4.64. The van der Waals surface area contributed by atoms with E-state index in [1.807, 2.05) is 42.5 Å². The number of benzene rings is 2. The maximum Gasteiger partial charge on any atom is 0.309 e. The average molecular weight is 278 g/mol. The van der Waals surface area contributed by atoms with E-state index in [-0.39, 0.29) is 5.97 Å². The van der Waals surface area contributed by atoms with Gasteiger partial charge in [0.25, 0.3) is 0 Å². The van der Waals surface area contributed by atoms with Crippen molar-refractivity contribution in [2.24, 2.45) is 0 Å². The van der Waals surface area contributed by atoms with Crippen molar-refractivity contribution in [2.45, 2.75) is 19.3 Å². The van der Waals surface area contributed by atoms with E-state index < -0.39 is 0 Å². The van der Waals surface area contributed by atoms with Crippen LogP contribution in [0.15, 0.2) is 54.6 Å². The quantitative estimate of drug-likeness (QED) is 0.633. The van der Waals surface area contributed by atoms with E-state index in [1.54, 1.807) is 0 Å². The molecule has 0 unspecified atom stereocenters. The second kappa shape index (κ2) is 7.91. The van der Waals surface area contributed by atoms with Crippen LogP contribution in [-0.4, -0.2) is 13.1 Å². The number of carbonyl (C=O) groups is 1. The molecule has 0 spiro atoms. The predicted octanol–water partition coefficient (Wildman–Crippen LogP) is 3.39. The van der Waals surface area contributed by atoms with Gasteiger partial charge < -0.3 is 4.74 Å². The van der Waals surface area contributed by atoms with Crippen LogP contribution in [0, 0.1) is 11.8 Å². The van der Waals surface area contributed by atoms with E-state index >= 15 is 0 Å². The summed E-state index contributed by atoms with van der Waals surface area (Å²) in [6.07, 6.45) is 2.11. The summed E-state index contributed by atoms with van der Waals surface area (Å²) >= 11 is 0. The van der Waals surface area contributed by atoms with Crippen LogP contribution in [0.3, 0.4) is 0 Å². The fourth-order valence-corrected chi connectivity index (χ4v) is 1.96. The molecule has 0 saturated heterocycles. The SMILES string of the molecule is COC(=O)Cc1ccc(C#CCCc2ccccc2)cc1. The molecule has 0 N–H and O–H groups in total. The van der Waals surface area contributed by atoms with Crippen molar-refractivity contribution in [3.05, 3.63) is 71.3 Å². The third-order valence-electron chi connectivity index (χ3n) is 3.14. The molecule has 0 bridgehead atoms. The fraction of sp³-hybridized carbons (Fsp3) is 0.211. The maximum atomic E-state index is 11.2. The number of hydrogen-bond acceptors (Lipinski definition) is 2. The lowest BCUT2D eigenvalue weighted by atomic mass is 10.1. The summed E-state index contributed by atoms with van der Waals surface area (Å²) in [5.74, 6) is 6.10. The molecule has 0 radical (unpaired) electrons. The van der Waals surface area contributed by atoms with Gasteiger partial charge in [-0.1, -0.05) is 54.3 Å². The Morgan fingerprint density at radius 1 is 1.00 bits per heavy atom. The van der Waals surface area contributed by atoms with E-state index in [1.165, 1.54) is 12.7 Å². The minimum Gasteiger partial charge on any atom is -0.469 e. The van der Waals surface area contributed by atoms with E-state index in [4.69, 9.17) is 0 Å². The first-order chi connectivity index (χ1) is 10.3. The van der Waals surface area contributed by atoms with Gasteiger partial charge in [0, 0.05) is 12.0 Å². The highest BCUT2D eigenvalue weighted by Crippen LogP contribution is 2.05. The van der Waals surface area contributed by atoms with Gasteiger partial charge in [0.15, 0.2) is 0 Å². The molecule has 106 valence electrons. The molecule has 21 heavy (non-hydrogen) atoms. The number of methoxy groups -OCH3 is 1. The first-order valence-electron chi connectivity index (χ1n) is 6.96. The highest BCUT2D eigenvalue weighted by Gasteiger charge is 2.01. The highest BCUT2D eigenvalue weighted by molar-refractivity contribution is 5.72. The Morgan fingerprint density at radius 2 is 1.71 bits per heavy atom. The molecule has 0 heterocycles. The molecule has 2 rings (SSSR count). The van der Waals surface area contributed by atoms with Crippen molar-refractivity contribution in [1.29, 1.82) is 0 Å². The van der Waals surface area contributed by atoms with Crippen LogP contribution in [0.4, 0.5) is 0 Å². The Hall–Kier alpha value is -2.53. The third kappa shape index (κ3) is 5.16. The van der Waals surface area contributed by atoms with Crippen LogP contribution in [-0.2, 0) is 22.4 Å². The predicted molar refractivity (Wildman–Crippen MR) is 83.8 cm³/mol. The van der Waals surface area contributed by atoms with E-state index in [2.05, 4.69) is 28.7 Å². The zero-order valence-corrected chi connectivity index (χ0v) is 12.1. The minimum atomic E-state index is -0.225. The van der Waals surface area contributed by atoms with Crippen LogP contribution >= 0.6 is 0 Å². The molecule has 0 atom stereocenters. The molecule has 0 aliphatic rings. The Labute approximate surface area is 125 Å². The standard InChI is InChI=1S/C19H18O2/c1-21-19(20)15-18-13-11-17(12-14-18)10-6-5-9-16-7-3-2-4-8-16/h2-4,7-8,11-14H,5,9,15H2,1H3. The van der Waals surface area contributed by atoms with Gasteiger partial charge in [0.05, 0.1) is 13.5 Å². The molecule has 2 aromatic carbocycles. The molecule has 0 aliphatic carbocycles. The Bertz CT molecular complexity index is 631. The van der Waals surface area contributed by atoms with Gasteiger partial charge in [-0.15, -0.1) is 0 Å². The van der Waals surface area contributed by atoms with Gasteiger partial charge in [-0.05, 0) is 29.7 Å². The van der Waals surface area contributed by atoms with Crippen molar-refractivity contribution in [2.75, 3.05) is 7.11 Å². The second-order valence-corrected chi connectivity index (χ2v) is 4.74. The second-order valence-electron chi connectivity index (χ2n) is 4.74. The van der Waals surface area contributed by atoms with Crippen molar-refractivity contribution in [3.63, 3.8) is 0 Å². The number of hydrogen-bond donors (Lipinski definition) is 0. The molecular formula is C19H18O2. The molecule has 2 nitrogen and oxygen atoms in total. The van der Waals surface area contributed by atoms with E-state index in [0.717, 1.165) is 24.0 Å². The van der Waals surface area contributed by atoms with Gasteiger partial charge in [0.2, 0.25) is 0 Å². The summed E-state index contributed by atoms with van der Waals surface area (Å²) in [5, 5.41) is 0. The number of esters is 1. The van der Waals surface area contributed by atoms with Gasteiger partial charge in [-0.25, -0.2) is 0 Å². The molecule has 0 amide bonds. The Balaban J connectivity index is 1.86. The Kier molecular flexibility index (Phi) is 5.60. The van der Waals surface area contributed by atoms with Crippen molar-refractivity contribution in [1.82, 2.24) is 0 Å². The number of ether oxygens (including phenoxy) is 1. The molecule has 2 heteroatoms. The smallest absolute Gasteiger partial charge is 0.309 e. The van der Waals surface area contributed by atoms with Gasteiger partial charge >= 0.3 is 5.97 Å². The van der Waals surface area contributed by atoms with Crippen LogP contribution in [0.25, 0.3) is 0 Å². The molecule has 0 aliphatic heterocycles. The average Bonchev–Trinajstić information content (AvgIpc) is 2.54. The maximum absolute atomic E-state index is 11.2. The lowest BCUT2D eigenvalue weighted by Gasteiger charge is -1.99. The summed E-state index contributed by atoms with van der Waals surface area (Å²) in [5.41, 5.74) is 3.22. The van der Waals surface area contributed by atoms with E-state index in [0.29, 0.717) is 6.42 Å². The summed E-state index contributed by atoms with van der Waals surface area (Å²) in [7, 11) is 1.40. The zero-order chi connectivity index (χ0) is 14.9. The monoisotopic (exact) mass is 278 g/mol. The Morgan fingerprint density at radius 3 is 2.38 bits per heavy atom. The van der Waals surface area contributed by atoms with Crippen LogP contribution in [0.2, 0.25) is 0 Å². The first kappa shape index (κ1) is 14.9. The van der Waals surface area contributed by atoms with Gasteiger partial charge in [0.1, 0.15) is 0 Å². The molecule has 0 aromatic heterocycles. The normalized spacial score (nSPS) is 9.57. The number of carbonyl (C=O) groups excluding carboxylic acids is 1. The fourth-order valence-electron chi connectivity index (χ4n) is 1.96.